The molecular formula is C59H37N5. The predicted octanol–water partition coefficient (Wildman–Crippen LogP) is 13.9. The van der Waals surface area contributed by atoms with Gasteiger partial charge in [0, 0.05) is 34.0 Å². The summed E-state index contributed by atoms with van der Waals surface area (Å²) in [5.74, 6) is 1.85. The highest BCUT2D eigenvalue weighted by molar-refractivity contribution is 5.96. The maximum atomic E-state index is 5.31. The molecule has 0 saturated carbocycles. The second-order valence-corrected chi connectivity index (χ2v) is 16.6. The summed E-state index contributed by atoms with van der Waals surface area (Å²) in [6.07, 6.45) is 2.08. The van der Waals surface area contributed by atoms with Crippen molar-refractivity contribution >= 4 is 5.65 Å². The average Bonchev–Trinajstić information content (AvgIpc) is 4.01. The molecule has 13 rings (SSSR count). The number of hydrogen-bond acceptors (Lipinski definition) is 4. The van der Waals surface area contributed by atoms with Crippen LogP contribution in [0.1, 0.15) is 22.3 Å². The molecular weight excluding hydrogens is 779 g/mol. The summed E-state index contributed by atoms with van der Waals surface area (Å²) in [6, 6.07) is 77.5. The summed E-state index contributed by atoms with van der Waals surface area (Å²) >= 11 is 0. The van der Waals surface area contributed by atoms with Crippen LogP contribution in [0.4, 0.5) is 0 Å². The first-order valence-corrected chi connectivity index (χ1v) is 21.7. The number of aromatic nitrogens is 5. The molecule has 2 aliphatic rings. The molecule has 0 saturated heterocycles. The fourth-order valence-electron chi connectivity index (χ4n) is 10.3. The van der Waals surface area contributed by atoms with E-state index in [0.29, 0.717) is 17.5 Å². The van der Waals surface area contributed by atoms with Gasteiger partial charge in [0.25, 0.3) is 0 Å². The Morgan fingerprint density at radius 1 is 0.297 bits per heavy atom. The molecule has 64 heavy (non-hydrogen) atoms. The predicted molar refractivity (Wildman–Crippen MR) is 257 cm³/mol. The zero-order valence-corrected chi connectivity index (χ0v) is 34.6. The Morgan fingerprint density at radius 2 is 0.719 bits per heavy atom. The summed E-state index contributed by atoms with van der Waals surface area (Å²) in [7, 11) is 0. The lowest BCUT2D eigenvalue weighted by Gasteiger charge is -2.30. The van der Waals surface area contributed by atoms with Crippen molar-refractivity contribution in [1.29, 1.82) is 0 Å². The van der Waals surface area contributed by atoms with Gasteiger partial charge in [-0.1, -0.05) is 200 Å². The molecule has 0 radical (unpaired) electrons. The molecule has 3 aromatic heterocycles. The maximum Gasteiger partial charge on any atom is 0.164 e. The molecule has 3 heterocycles. The fourth-order valence-corrected chi connectivity index (χ4v) is 10.3. The van der Waals surface area contributed by atoms with Crippen LogP contribution in [0.2, 0.25) is 0 Å². The van der Waals surface area contributed by atoms with Crippen molar-refractivity contribution in [2.45, 2.75) is 5.41 Å². The first-order valence-electron chi connectivity index (χ1n) is 21.7. The van der Waals surface area contributed by atoms with Crippen molar-refractivity contribution in [1.82, 2.24) is 24.3 Å². The molecule has 0 N–H and O–H groups in total. The van der Waals surface area contributed by atoms with Crippen molar-refractivity contribution in [3.63, 3.8) is 0 Å². The van der Waals surface area contributed by atoms with Crippen LogP contribution in [0.5, 0.6) is 0 Å². The second-order valence-electron chi connectivity index (χ2n) is 16.6. The van der Waals surface area contributed by atoms with Gasteiger partial charge >= 0.3 is 0 Å². The molecule has 0 amide bonds. The zero-order chi connectivity index (χ0) is 42.2. The third-order valence-electron chi connectivity index (χ3n) is 13.1. The minimum Gasteiger partial charge on any atom is -0.299 e. The Morgan fingerprint density at radius 3 is 1.30 bits per heavy atom. The van der Waals surface area contributed by atoms with E-state index in [9.17, 15) is 0 Å². The summed E-state index contributed by atoms with van der Waals surface area (Å²) in [5, 5.41) is 0. The van der Waals surface area contributed by atoms with Gasteiger partial charge in [-0.15, -0.1) is 0 Å². The minimum atomic E-state index is -0.479. The molecule has 11 aromatic rings. The van der Waals surface area contributed by atoms with Crippen LogP contribution in [0.25, 0.3) is 95.7 Å². The largest absolute Gasteiger partial charge is 0.299 e. The standard InChI is InChI=1S/C59H37N5/c1-3-15-38(16-4-1)39-26-30-42(31-27-39)56-61-57(43-32-28-41(29-33-43)55-54(40-17-5-2-6-18-40)60-53-25-13-14-36-64(53)55)63-58(62-56)44-34-35-48-47-21-9-12-24-51(47)59(52(48)37-44)49-22-10-7-19-45(49)46-20-8-11-23-50(46)59/h1-37H. The Balaban J connectivity index is 0.981. The fraction of sp³-hybridized carbons (Fsp3) is 0.0169. The normalized spacial score (nSPS) is 12.8. The van der Waals surface area contributed by atoms with E-state index in [1.54, 1.807) is 0 Å². The van der Waals surface area contributed by atoms with Gasteiger partial charge in [0.1, 0.15) is 5.65 Å². The Labute approximate surface area is 370 Å². The van der Waals surface area contributed by atoms with E-state index < -0.39 is 5.41 Å². The van der Waals surface area contributed by atoms with Crippen molar-refractivity contribution < 1.29 is 0 Å². The molecule has 0 bridgehead atoms. The van der Waals surface area contributed by atoms with Gasteiger partial charge in [0.05, 0.1) is 16.8 Å². The van der Waals surface area contributed by atoms with E-state index in [2.05, 4.69) is 199 Å². The number of hydrogen-bond donors (Lipinski definition) is 0. The van der Waals surface area contributed by atoms with Crippen LogP contribution in [-0.2, 0) is 5.41 Å². The van der Waals surface area contributed by atoms with Crippen LogP contribution in [0.3, 0.4) is 0 Å². The van der Waals surface area contributed by atoms with Gasteiger partial charge in [-0.3, -0.25) is 4.40 Å². The zero-order valence-electron chi connectivity index (χ0n) is 34.6. The van der Waals surface area contributed by atoms with Crippen LogP contribution >= 0.6 is 0 Å². The number of fused-ring (bicyclic) bond motifs is 11. The van der Waals surface area contributed by atoms with Gasteiger partial charge in [-0.05, 0) is 73.8 Å². The molecule has 8 aromatic carbocycles. The minimum absolute atomic E-state index is 0.479. The smallest absolute Gasteiger partial charge is 0.164 e. The first kappa shape index (κ1) is 36.1. The second kappa shape index (κ2) is 14.3. The van der Waals surface area contributed by atoms with Crippen molar-refractivity contribution in [3.8, 4) is 90.1 Å². The topological polar surface area (TPSA) is 56.0 Å². The monoisotopic (exact) mass is 815 g/mol. The highest BCUT2D eigenvalue weighted by atomic mass is 15.0. The lowest BCUT2D eigenvalue weighted by Crippen LogP contribution is -2.25. The molecule has 0 aliphatic heterocycles. The molecule has 0 unspecified atom stereocenters. The lowest BCUT2D eigenvalue weighted by molar-refractivity contribution is 0.794. The first-order chi connectivity index (χ1) is 31.7. The third-order valence-corrected chi connectivity index (χ3v) is 13.1. The SMILES string of the molecule is c1ccc(-c2ccc(-c3nc(-c4ccc(-c5c(-c6ccccc6)nc6ccccn56)cc4)nc(-c4ccc5c(c4)C4(c6ccccc6-c6ccccc64)c4ccccc4-5)n3)cc2)cc1. The molecule has 298 valence electrons. The van der Waals surface area contributed by atoms with Crippen molar-refractivity contribution in [3.05, 3.63) is 247 Å². The summed E-state index contributed by atoms with van der Waals surface area (Å²) in [6.45, 7) is 0. The Kier molecular flexibility index (Phi) is 8.06. The van der Waals surface area contributed by atoms with Crippen LogP contribution in [0, 0.1) is 0 Å². The Bertz CT molecular complexity index is 3530. The summed E-state index contributed by atoms with van der Waals surface area (Å²) < 4.78 is 2.16. The molecule has 0 fully saturated rings. The number of pyridine rings is 1. The quantitative estimate of drug-likeness (QED) is 0.168. The van der Waals surface area contributed by atoms with Crippen LogP contribution < -0.4 is 0 Å². The molecule has 0 atom stereocenters. The summed E-state index contributed by atoms with van der Waals surface area (Å²) in [4.78, 5) is 20.9. The average molecular weight is 816 g/mol. The van der Waals surface area contributed by atoms with E-state index in [1.165, 1.54) is 44.5 Å². The van der Waals surface area contributed by atoms with Crippen molar-refractivity contribution in [2.75, 3.05) is 0 Å². The lowest BCUT2D eigenvalue weighted by atomic mass is 9.70. The van der Waals surface area contributed by atoms with E-state index in [1.807, 2.05) is 30.3 Å². The van der Waals surface area contributed by atoms with Gasteiger partial charge < -0.3 is 0 Å². The van der Waals surface area contributed by atoms with Gasteiger partial charge in [-0.25, -0.2) is 19.9 Å². The molecule has 2 aliphatic carbocycles. The highest BCUT2D eigenvalue weighted by Crippen LogP contribution is 2.63. The van der Waals surface area contributed by atoms with E-state index in [-0.39, 0.29) is 0 Å². The van der Waals surface area contributed by atoms with E-state index in [4.69, 9.17) is 19.9 Å². The van der Waals surface area contributed by atoms with Crippen LogP contribution in [-0.4, -0.2) is 24.3 Å². The number of imidazole rings is 1. The highest BCUT2D eigenvalue weighted by Gasteiger charge is 2.51. The van der Waals surface area contributed by atoms with Gasteiger partial charge in [0.15, 0.2) is 17.5 Å². The molecule has 5 nitrogen and oxygen atoms in total. The van der Waals surface area contributed by atoms with Crippen molar-refractivity contribution in [2.24, 2.45) is 0 Å². The van der Waals surface area contributed by atoms with Gasteiger partial charge in [-0.2, -0.15) is 0 Å². The third kappa shape index (κ3) is 5.44. The van der Waals surface area contributed by atoms with E-state index in [0.717, 1.165) is 56.0 Å². The summed E-state index contributed by atoms with van der Waals surface area (Å²) in [5.41, 5.74) is 19.8. The number of rotatable bonds is 6. The Hall–Kier alpha value is -8.54. The number of nitrogens with zero attached hydrogens (tertiary/aromatic N) is 5. The van der Waals surface area contributed by atoms with Gasteiger partial charge in [0.2, 0.25) is 0 Å². The maximum absolute atomic E-state index is 5.31. The van der Waals surface area contributed by atoms with E-state index >= 15 is 0 Å². The molecule has 5 heteroatoms. The molecule has 1 spiro atoms. The number of benzene rings is 8. The van der Waals surface area contributed by atoms with Crippen LogP contribution in [0.15, 0.2) is 225 Å².